The van der Waals surface area contributed by atoms with Gasteiger partial charge in [-0.15, -0.1) is 0 Å². The first-order valence-corrected chi connectivity index (χ1v) is 8.61. The van der Waals surface area contributed by atoms with Crippen molar-refractivity contribution >= 4 is 27.7 Å². The standard InChI is InChI=1S/C17H20BrNOS/c1-4-19-12(2)17-14(20-3)9-7-11-16(17)21-15-10-6-5-8-13(15)18/h5-12,19H,4H2,1-3H3. The Morgan fingerprint density at radius 3 is 2.52 bits per heavy atom. The van der Waals surface area contributed by atoms with Crippen LogP contribution in [0, 0.1) is 0 Å². The van der Waals surface area contributed by atoms with Gasteiger partial charge in [0.1, 0.15) is 5.75 Å². The Labute approximate surface area is 139 Å². The van der Waals surface area contributed by atoms with Crippen LogP contribution < -0.4 is 10.1 Å². The van der Waals surface area contributed by atoms with E-state index in [-0.39, 0.29) is 6.04 Å². The van der Waals surface area contributed by atoms with Gasteiger partial charge in [-0.3, -0.25) is 0 Å². The summed E-state index contributed by atoms with van der Waals surface area (Å²) in [5, 5.41) is 3.47. The molecule has 0 aliphatic carbocycles. The molecular formula is C17H20BrNOS. The van der Waals surface area contributed by atoms with Crippen molar-refractivity contribution in [3.8, 4) is 5.75 Å². The van der Waals surface area contributed by atoms with Gasteiger partial charge in [-0.25, -0.2) is 0 Å². The molecule has 0 aliphatic heterocycles. The summed E-state index contributed by atoms with van der Waals surface area (Å²) in [6, 6.07) is 14.7. The van der Waals surface area contributed by atoms with Crippen molar-refractivity contribution in [1.82, 2.24) is 5.32 Å². The lowest BCUT2D eigenvalue weighted by Crippen LogP contribution is -2.19. The summed E-state index contributed by atoms with van der Waals surface area (Å²) in [5.41, 5.74) is 1.21. The number of benzene rings is 2. The van der Waals surface area contributed by atoms with Crippen LogP contribution >= 0.6 is 27.7 Å². The SMILES string of the molecule is CCNC(C)c1c(OC)cccc1Sc1ccccc1Br. The van der Waals surface area contributed by atoms with E-state index in [9.17, 15) is 0 Å². The highest BCUT2D eigenvalue weighted by molar-refractivity contribution is 9.10. The molecule has 0 fully saturated rings. The number of nitrogens with one attached hydrogen (secondary N) is 1. The van der Waals surface area contributed by atoms with Gasteiger partial charge in [0.15, 0.2) is 0 Å². The maximum Gasteiger partial charge on any atom is 0.124 e. The van der Waals surface area contributed by atoms with E-state index in [4.69, 9.17) is 4.74 Å². The zero-order valence-electron chi connectivity index (χ0n) is 12.5. The maximum absolute atomic E-state index is 5.56. The highest BCUT2D eigenvalue weighted by Gasteiger charge is 2.16. The summed E-state index contributed by atoms with van der Waals surface area (Å²) in [7, 11) is 1.73. The number of rotatable bonds is 6. The fourth-order valence-electron chi connectivity index (χ4n) is 2.27. The second-order valence-corrected chi connectivity index (χ2v) is 6.62. The largest absolute Gasteiger partial charge is 0.496 e. The average Bonchev–Trinajstić information content (AvgIpc) is 2.49. The topological polar surface area (TPSA) is 21.3 Å². The number of ether oxygens (including phenoxy) is 1. The molecule has 0 amide bonds. The average molecular weight is 366 g/mol. The van der Waals surface area contributed by atoms with E-state index in [2.05, 4.69) is 59.4 Å². The van der Waals surface area contributed by atoms with Crippen LogP contribution in [0.2, 0.25) is 0 Å². The monoisotopic (exact) mass is 365 g/mol. The molecule has 0 radical (unpaired) electrons. The van der Waals surface area contributed by atoms with Crippen LogP contribution in [0.5, 0.6) is 5.75 Å². The molecule has 0 spiro atoms. The normalized spacial score (nSPS) is 12.2. The van der Waals surface area contributed by atoms with Crippen molar-refractivity contribution in [3.63, 3.8) is 0 Å². The highest BCUT2D eigenvalue weighted by Crippen LogP contribution is 2.40. The molecule has 2 nitrogen and oxygen atoms in total. The summed E-state index contributed by atoms with van der Waals surface area (Å²) in [6.45, 7) is 5.22. The lowest BCUT2D eigenvalue weighted by atomic mass is 10.1. The molecular weight excluding hydrogens is 346 g/mol. The van der Waals surface area contributed by atoms with E-state index >= 15 is 0 Å². The molecule has 0 heterocycles. The van der Waals surface area contributed by atoms with Crippen molar-refractivity contribution in [2.45, 2.75) is 29.7 Å². The van der Waals surface area contributed by atoms with Crippen molar-refractivity contribution in [3.05, 3.63) is 52.5 Å². The van der Waals surface area contributed by atoms with Crippen molar-refractivity contribution in [2.24, 2.45) is 0 Å². The minimum absolute atomic E-state index is 0.246. The second-order valence-electron chi connectivity index (χ2n) is 4.68. The number of hydrogen-bond acceptors (Lipinski definition) is 3. The smallest absolute Gasteiger partial charge is 0.124 e. The third kappa shape index (κ3) is 4.02. The van der Waals surface area contributed by atoms with Crippen LogP contribution in [0.25, 0.3) is 0 Å². The quantitative estimate of drug-likeness (QED) is 0.752. The Kier molecular flexibility index (Phi) is 6.15. The van der Waals surface area contributed by atoms with E-state index in [1.807, 2.05) is 18.2 Å². The Balaban J connectivity index is 2.41. The van der Waals surface area contributed by atoms with Gasteiger partial charge in [-0.2, -0.15) is 0 Å². The maximum atomic E-state index is 5.56. The molecule has 2 aromatic rings. The third-order valence-corrected chi connectivity index (χ3v) is 5.35. The molecule has 1 N–H and O–H groups in total. The Morgan fingerprint density at radius 1 is 1.14 bits per heavy atom. The predicted octanol–water partition coefficient (Wildman–Crippen LogP) is 5.28. The van der Waals surface area contributed by atoms with Crippen LogP contribution in [0.15, 0.2) is 56.7 Å². The van der Waals surface area contributed by atoms with Gasteiger partial charge in [0, 0.05) is 25.9 Å². The first kappa shape index (κ1) is 16.4. The van der Waals surface area contributed by atoms with Gasteiger partial charge in [0.2, 0.25) is 0 Å². The molecule has 0 saturated carbocycles. The van der Waals surface area contributed by atoms with Crippen LogP contribution in [0.3, 0.4) is 0 Å². The summed E-state index contributed by atoms with van der Waals surface area (Å²) in [5.74, 6) is 0.931. The highest BCUT2D eigenvalue weighted by atomic mass is 79.9. The molecule has 1 unspecified atom stereocenters. The zero-order valence-corrected chi connectivity index (χ0v) is 14.9. The predicted molar refractivity (Wildman–Crippen MR) is 93.4 cm³/mol. The number of methoxy groups -OCH3 is 1. The fraction of sp³-hybridized carbons (Fsp3) is 0.294. The summed E-state index contributed by atoms with van der Waals surface area (Å²) in [4.78, 5) is 2.42. The molecule has 0 aromatic heterocycles. The van der Waals surface area contributed by atoms with Crippen LogP contribution in [-0.4, -0.2) is 13.7 Å². The minimum Gasteiger partial charge on any atom is -0.496 e. The lowest BCUT2D eigenvalue weighted by molar-refractivity contribution is 0.400. The molecule has 2 rings (SSSR count). The van der Waals surface area contributed by atoms with Gasteiger partial charge in [0.05, 0.1) is 7.11 Å². The molecule has 2 aromatic carbocycles. The molecule has 112 valence electrons. The molecule has 21 heavy (non-hydrogen) atoms. The van der Waals surface area contributed by atoms with Crippen molar-refractivity contribution < 1.29 is 4.74 Å². The molecule has 0 bridgehead atoms. The van der Waals surface area contributed by atoms with E-state index in [0.29, 0.717) is 0 Å². The summed E-state index contributed by atoms with van der Waals surface area (Å²) >= 11 is 5.37. The Hall–Kier alpha value is -0.970. The van der Waals surface area contributed by atoms with Crippen LogP contribution in [0.1, 0.15) is 25.5 Å². The van der Waals surface area contributed by atoms with E-state index in [0.717, 1.165) is 16.8 Å². The van der Waals surface area contributed by atoms with Gasteiger partial charge in [0.25, 0.3) is 0 Å². The first-order valence-electron chi connectivity index (χ1n) is 7.00. The molecule has 0 aliphatic rings. The number of hydrogen-bond donors (Lipinski definition) is 1. The van der Waals surface area contributed by atoms with Gasteiger partial charge in [-0.1, -0.05) is 36.9 Å². The van der Waals surface area contributed by atoms with Gasteiger partial charge >= 0.3 is 0 Å². The minimum atomic E-state index is 0.246. The fourth-order valence-corrected chi connectivity index (χ4v) is 3.88. The Morgan fingerprint density at radius 2 is 1.86 bits per heavy atom. The molecule has 1 atom stereocenters. The Bertz CT molecular complexity index is 603. The second kappa shape index (κ2) is 7.87. The van der Waals surface area contributed by atoms with Crippen molar-refractivity contribution in [2.75, 3.05) is 13.7 Å². The van der Waals surface area contributed by atoms with Gasteiger partial charge < -0.3 is 10.1 Å². The zero-order chi connectivity index (χ0) is 15.2. The lowest BCUT2D eigenvalue weighted by Gasteiger charge is -2.20. The first-order chi connectivity index (χ1) is 10.2. The van der Waals surface area contributed by atoms with Crippen LogP contribution in [0.4, 0.5) is 0 Å². The molecule has 4 heteroatoms. The summed E-state index contributed by atoms with van der Waals surface area (Å²) < 4.78 is 6.67. The molecule has 0 saturated heterocycles. The van der Waals surface area contributed by atoms with Crippen LogP contribution in [-0.2, 0) is 0 Å². The summed E-state index contributed by atoms with van der Waals surface area (Å²) in [6.07, 6.45) is 0. The number of halogens is 1. The third-order valence-electron chi connectivity index (χ3n) is 3.25. The van der Waals surface area contributed by atoms with Crippen molar-refractivity contribution in [1.29, 1.82) is 0 Å². The van der Waals surface area contributed by atoms with E-state index in [1.54, 1.807) is 18.9 Å². The van der Waals surface area contributed by atoms with E-state index in [1.165, 1.54) is 15.4 Å². The van der Waals surface area contributed by atoms with Gasteiger partial charge in [-0.05, 0) is 53.7 Å². The van der Waals surface area contributed by atoms with E-state index < -0.39 is 0 Å².